The maximum Gasteiger partial charge on any atom is 0.311 e. The van der Waals surface area contributed by atoms with Gasteiger partial charge in [-0.05, 0) is 51.2 Å². The van der Waals surface area contributed by atoms with Gasteiger partial charge in [0.05, 0.1) is 0 Å². The Bertz CT molecular complexity index is 357. The molecule has 7 heteroatoms. The van der Waals surface area contributed by atoms with Crippen molar-refractivity contribution in [2.75, 3.05) is 6.17 Å². The Morgan fingerprint density at radius 3 is 1.81 bits per heavy atom. The second-order valence-electron chi connectivity index (χ2n) is 8.99. The fraction of sp³-hybridized carbons (Fsp3) is 0.929. The molecule has 1 amide bonds. The zero-order valence-corrected chi connectivity index (χ0v) is 18.6. The lowest BCUT2D eigenvalue weighted by Gasteiger charge is -2.37. The third-order valence-electron chi connectivity index (χ3n) is 2.48. The zero-order chi connectivity index (χ0) is 17.1. The molecule has 0 aliphatic heterocycles. The minimum Gasteiger partial charge on any atom is -0.437 e. The molecule has 0 heterocycles. The first-order chi connectivity index (χ1) is 9.02. The van der Waals surface area contributed by atoms with Gasteiger partial charge in [0.2, 0.25) is 5.91 Å². The normalized spacial score (nSPS) is 14.2. The van der Waals surface area contributed by atoms with E-state index >= 15 is 0 Å². The van der Waals surface area contributed by atoms with Crippen LogP contribution in [0.3, 0.4) is 0 Å². The molecule has 0 bridgehead atoms. The molecule has 0 saturated heterocycles. The van der Waals surface area contributed by atoms with E-state index in [1.807, 2.05) is 0 Å². The van der Waals surface area contributed by atoms with Crippen LogP contribution in [-0.2, 0) is 13.0 Å². The first-order valence-electron chi connectivity index (χ1n) is 7.68. The Morgan fingerprint density at radius 1 is 0.952 bits per heavy atom. The molecule has 0 spiro atoms. The summed E-state index contributed by atoms with van der Waals surface area (Å²) in [6.07, 6.45) is 1.19. The summed E-state index contributed by atoms with van der Waals surface area (Å²) in [4.78, 5) is 11.9. The monoisotopic (exact) mass is 349 g/mol. The van der Waals surface area contributed by atoms with Crippen LogP contribution in [0.5, 0.6) is 0 Å². The van der Waals surface area contributed by atoms with Gasteiger partial charge in [0, 0.05) is 12.6 Å². The molecule has 4 nitrogen and oxygen atoms in total. The summed E-state index contributed by atoms with van der Waals surface area (Å²) < 4.78 is 12.6. The SMILES string of the molecule is CC(C)(C)CC(=O)NC[Si](C)(C)O[Si](C)(C)O[Si](C)(C)C. The van der Waals surface area contributed by atoms with Crippen molar-refractivity contribution >= 4 is 31.1 Å². The summed E-state index contributed by atoms with van der Waals surface area (Å²) in [5, 5.41) is 3.04. The first kappa shape index (κ1) is 21.0. The van der Waals surface area contributed by atoms with E-state index in [9.17, 15) is 4.79 Å². The Labute approximate surface area is 134 Å². The molecular weight excluding hydrogens is 314 g/mol. The molecule has 0 fully saturated rings. The largest absolute Gasteiger partial charge is 0.437 e. The van der Waals surface area contributed by atoms with E-state index < -0.39 is 25.2 Å². The summed E-state index contributed by atoms with van der Waals surface area (Å²) in [6, 6.07) is 0. The van der Waals surface area contributed by atoms with E-state index in [1.165, 1.54) is 0 Å². The van der Waals surface area contributed by atoms with Crippen LogP contribution >= 0.6 is 0 Å². The topological polar surface area (TPSA) is 47.6 Å². The molecule has 0 rings (SSSR count). The van der Waals surface area contributed by atoms with E-state index in [0.29, 0.717) is 12.6 Å². The number of carbonyl (C=O) groups is 1. The molecule has 0 aromatic rings. The Balaban J connectivity index is 4.47. The lowest BCUT2D eigenvalue weighted by atomic mass is 9.92. The van der Waals surface area contributed by atoms with Crippen LogP contribution in [0.25, 0.3) is 0 Å². The minimum absolute atomic E-state index is 0.0194. The van der Waals surface area contributed by atoms with Crippen LogP contribution in [0.15, 0.2) is 0 Å². The first-order valence-corrected chi connectivity index (χ1v) is 17.0. The van der Waals surface area contributed by atoms with E-state index in [1.54, 1.807) is 0 Å². The van der Waals surface area contributed by atoms with Gasteiger partial charge in [-0.2, -0.15) is 0 Å². The van der Waals surface area contributed by atoms with Crippen LogP contribution in [0.1, 0.15) is 27.2 Å². The highest BCUT2D eigenvalue weighted by molar-refractivity contribution is 6.87. The van der Waals surface area contributed by atoms with Gasteiger partial charge < -0.3 is 13.5 Å². The Kier molecular flexibility index (Phi) is 7.09. The highest BCUT2D eigenvalue weighted by Crippen LogP contribution is 2.21. The lowest BCUT2D eigenvalue weighted by molar-refractivity contribution is -0.122. The third-order valence-corrected chi connectivity index (χ3v) is 12.1. The zero-order valence-electron chi connectivity index (χ0n) is 15.6. The summed E-state index contributed by atoms with van der Waals surface area (Å²) in [6.45, 7) is 21.3. The van der Waals surface area contributed by atoms with Crippen molar-refractivity contribution < 1.29 is 13.0 Å². The number of carbonyl (C=O) groups excluding carboxylic acids is 1. The number of nitrogens with one attached hydrogen (secondary N) is 1. The predicted octanol–water partition coefficient (Wildman–Crippen LogP) is 3.85. The number of hydrogen-bond acceptors (Lipinski definition) is 3. The van der Waals surface area contributed by atoms with Crippen molar-refractivity contribution in [3.05, 3.63) is 0 Å². The average Bonchev–Trinajstić information content (AvgIpc) is 2.05. The van der Waals surface area contributed by atoms with Gasteiger partial charge in [-0.25, -0.2) is 0 Å². The van der Waals surface area contributed by atoms with Crippen LogP contribution in [0.4, 0.5) is 0 Å². The van der Waals surface area contributed by atoms with Crippen molar-refractivity contribution in [1.82, 2.24) is 5.32 Å². The molecule has 126 valence electrons. The molecule has 1 N–H and O–H groups in total. The fourth-order valence-electron chi connectivity index (χ4n) is 2.32. The maximum atomic E-state index is 11.9. The predicted molar refractivity (Wildman–Crippen MR) is 97.6 cm³/mol. The number of amides is 1. The average molecular weight is 350 g/mol. The van der Waals surface area contributed by atoms with Crippen LogP contribution < -0.4 is 5.32 Å². The molecule has 0 unspecified atom stereocenters. The van der Waals surface area contributed by atoms with Gasteiger partial charge in [0.15, 0.2) is 16.6 Å². The quantitative estimate of drug-likeness (QED) is 0.710. The van der Waals surface area contributed by atoms with Crippen molar-refractivity contribution in [2.45, 2.75) is 73.0 Å². The van der Waals surface area contributed by atoms with E-state index in [0.717, 1.165) is 0 Å². The van der Waals surface area contributed by atoms with Crippen LogP contribution in [0, 0.1) is 5.41 Å². The lowest BCUT2D eigenvalue weighted by Crippen LogP contribution is -2.55. The standard InChI is InChI=1S/C14H35NO3Si3/c1-14(2,3)11-13(16)15-12-20(7,8)18-21(9,10)17-19(4,5)6/h11-12H2,1-10H3,(H,15,16). The van der Waals surface area contributed by atoms with Gasteiger partial charge in [-0.3, -0.25) is 4.79 Å². The molecular formula is C14H35NO3Si3. The molecule has 0 atom stereocenters. The maximum absolute atomic E-state index is 11.9. The second-order valence-corrected chi connectivity index (χ2v) is 21.5. The minimum atomic E-state index is -2.12. The highest BCUT2D eigenvalue weighted by atomic mass is 28.5. The summed E-state index contributed by atoms with van der Waals surface area (Å²) in [5.41, 5.74) is 0.0194. The van der Waals surface area contributed by atoms with Crippen LogP contribution in [-0.4, -0.2) is 37.3 Å². The van der Waals surface area contributed by atoms with Crippen molar-refractivity contribution in [3.63, 3.8) is 0 Å². The highest BCUT2D eigenvalue weighted by Gasteiger charge is 2.38. The molecule has 21 heavy (non-hydrogen) atoms. The van der Waals surface area contributed by atoms with E-state index in [4.69, 9.17) is 8.23 Å². The van der Waals surface area contributed by atoms with Crippen molar-refractivity contribution in [3.8, 4) is 0 Å². The van der Waals surface area contributed by atoms with E-state index in [-0.39, 0.29) is 11.3 Å². The second kappa shape index (κ2) is 7.08. The summed E-state index contributed by atoms with van der Waals surface area (Å²) in [7, 11) is -5.67. The van der Waals surface area contributed by atoms with E-state index in [2.05, 4.69) is 71.9 Å². The van der Waals surface area contributed by atoms with Crippen molar-refractivity contribution in [2.24, 2.45) is 5.41 Å². The number of rotatable bonds is 7. The molecule has 0 aliphatic rings. The van der Waals surface area contributed by atoms with Gasteiger partial charge >= 0.3 is 8.56 Å². The molecule has 0 aromatic heterocycles. The van der Waals surface area contributed by atoms with Crippen LogP contribution in [0.2, 0.25) is 45.8 Å². The van der Waals surface area contributed by atoms with Gasteiger partial charge in [0.25, 0.3) is 0 Å². The fourth-order valence-corrected chi connectivity index (χ4v) is 15.0. The third kappa shape index (κ3) is 12.3. The number of hydrogen-bond donors (Lipinski definition) is 1. The molecule has 0 radical (unpaired) electrons. The Hall–Kier alpha value is 0.0406. The molecule has 0 aliphatic carbocycles. The smallest absolute Gasteiger partial charge is 0.311 e. The molecule has 0 aromatic carbocycles. The molecule has 0 saturated carbocycles. The summed E-state index contributed by atoms with van der Waals surface area (Å²) >= 11 is 0. The van der Waals surface area contributed by atoms with Gasteiger partial charge in [-0.1, -0.05) is 20.8 Å². The van der Waals surface area contributed by atoms with Gasteiger partial charge in [-0.15, -0.1) is 0 Å². The Morgan fingerprint density at radius 2 is 1.43 bits per heavy atom. The van der Waals surface area contributed by atoms with Crippen molar-refractivity contribution in [1.29, 1.82) is 0 Å². The summed E-state index contributed by atoms with van der Waals surface area (Å²) in [5.74, 6) is 0.109. The van der Waals surface area contributed by atoms with Gasteiger partial charge in [0.1, 0.15) is 0 Å².